The Bertz CT molecular complexity index is 1180. The minimum absolute atomic E-state index is 0.0107. The molecule has 33 heavy (non-hydrogen) atoms. The lowest BCUT2D eigenvalue weighted by molar-refractivity contribution is -0.144. The topological polar surface area (TPSA) is 94.3 Å². The van der Waals surface area contributed by atoms with E-state index in [1.54, 1.807) is 30.4 Å². The molecule has 1 atom stereocenters. The maximum atomic E-state index is 12.7. The first-order valence-corrected chi connectivity index (χ1v) is 9.82. The summed E-state index contributed by atoms with van der Waals surface area (Å²) in [6, 6.07) is 9.05. The van der Waals surface area contributed by atoms with E-state index in [2.05, 4.69) is 10.1 Å². The van der Waals surface area contributed by atoms with Gasteiger partial charge < -0.3 is 9.84 Å². The Kier molecular flexibility index (Phi) is 6.95. The van der Waals surface area contributed by atoms with Crippen LogP contribution in [0.2, 0.25) is 0 Å². The Hall–Kier alpha value is -3.95. The van der Waals surface area contributed by atoms with Crippen LogP contribution >= 0.6 is 0 Å². The summed E-state index contributed by atoms with van der Waals surface area (Å²) in [6.45, 7) is 3.48. The van der Waals surface area contributed by atoms with Gasteiger partial charge in [-0.15, -0.1) is 0 Å². The Balaban J connectivity index is 1.73. The maximum Gasteiger partial charge on any atom is 0.416 e. The van der Waals surface area contributed by atoms with Gasteiger partial charge in [0.25, 0.3) is 0 Å². The van der Waals surface area contributed by atoms with Crippen LogP contribution in [-0.4, -0.2) is 37.7 Å². The van der Waals surface area contributed by atoms with Crippen molar-refractivity contribution in [1.29, 1.82) is 0 Å². The largest absolute Gasteiger partial charge is 0.479 e. The molecule has 1 aromatic heterocycles. The number of aliphatic carboxylic acids is 1. The second-order valence-electron chi connectivity index (χ2n) is 7.19. The highest BCUT2D eigenvalue weighted by molar-refractivity contribution is 6.06. The third-order valence-electron chi connectivity index (χ3n) is 4.78. The molecule has 7 nitrogen and oxygen atoms in total. The number of ketones is 1. The van der Waals surface area contributed by atoms with Crippen LogP contribution in [-0.2, 0) is 17.5 Å². The van der Waals surface area contributed by atoms with E-state index in [0.717, 1.165) is 35.4 Å². The Morgan fingerprint density at radius 3 is 2.52 bits per heavy atom. The number of alkyl halides is 3. The highest BCUT2D eigenvalue weighted by atomic mass is 19.4. The monoisotopic (exact) mass is 459 g/mol. The van der Waals surface area contributed by atoms with Crippen LogP contribution in [0.3, 0.4) is 0 Å². The number of carboxylic acids is 1. The molecule has 3 rings (SSSR count). The van der Waals surface area contributed by atoms with Gasteiger partial charge in [0.05, 0.1) is 12.1 Å². The molecule has 0 radical (unpaired) electrons. The molecule has 0 amide bonds. The number of hydrogen-bond donors (Lipinski definition) is 1. The van der Waals surface area contributed by atoms with Crippen molar-refractivity contribution in [3.8, 4) is 5.75 Å². The molecular formula is C23H20F3N3O4. The molecule has 2 aromatic carbocycles. The van der Waals surface area contributed by atoms with Crippen molar-refractivity contribution in [3.05, 3.63) is 82.9 Å². The van der Waals surface area contributed by atoms with Crippen LogP contribution in [0.15, 0.2) is 54.9 Å². The van der Waals surface area contributed by atoms with E-state index in [4.69, 9.17) is 9.84 Å². The molecular weight excluding hydrogens is 439 g/mol. The van der Waals surface area contributed by atoms with Gasteiger partial charge in [0, 0.05) is 5.56 Å². The quantitative estimate of drug-likeness (QED) is 0.502. The zero-order valence-corrected chi connectivity index (χ0v) is 17.7. The summed E-state index contributed by atoms with van der Waals surface area (Å²) < 4.78 is 44.9. The van der Waals surface area contributed by atoms with Gasteiger partial charge in [-0.05, 0) is 49.2 Å². The fraction of sp³-hybridized carbons (Fsp3) is 0.217. The highest BCUT2D eigenvalue weighted by Gasteiger charge is 2.30. The molecule has 0 aliphatic carbocycles. The third kappa shape index (κ3) is 5.85. The zero-order chi connectivity index (χ0) is 24.2. The molecule has 1 N–H and O–H groups in total. The number of carbonyl (C=O) groups excluding carboxylic acids is 1. The van der Waals surface area contributed by atoms with Crippen molar-refractivity contribution in [3.63, 3.8) is 0 Å². The molecule has 0 bridgehead atoms. The lowest BCUT2D eigenvalue weighted by Gasteiger charge is -2.12. The van der Waals surface area contributed by atoms with Gasteiger partial charge >= 0.3 is 12.1 Å². The summed E-state index contributed by atoms with van der Waals surface area (Å²) in [7, 11) is 0. The molecule has 0 fully saturated rings. The fourth-order valence-corrected chi connectivity index (χ4v) is 2.92. The molecule has 0 saturated carbocycles. The van der Waals surface area contributed by atoms with Crippen LogP contribution in [0.5, 0.6) is 5.75 Å². The van der Waals surface area contributed by atoms with Crippen molar-refractivity contribution in [1.82, 2.24) is 14.8 Å². The molecule has 10 heteroatoms. The number of allylic oxidation sites excluding steroid dienone is 1. The van der Waals surface area contributed by atoms with Crippen molar-refractivity contribution in [2.45, 2.75) is 32.7 Å². The average molecular weight is 459 g/mol. The smallest absolute Gasteiger partial charge is 0.416 e. The lowest BCUT2D eigenvalue weighted by atomic mass is 10.1. The Labute approximate surface area is 187 Å². The van der Waals surface area contributed by atoms with Crippen molar-refractivity contribution in [2.24, 2.45) is 0 Å². The van der Waals surface area contributed by atoms with Gasteiger partial charge in [0.2, 0.25) is 5.78 Å². The van der Waals surface area contributed by atoms with Crippen LogP contribution in [0.25, 0.3) is 6.08 Å². The van der Waals surface area contributed by atoms with E-state index in [-0.39, 0.29) is 17.9 Å². The number of carboxylic acid groups (broad SMARTS) is 1. The van der Waals surface area contributed by atoms with Gasteiger partial charge in [0.15, 0.2) is 11.9 Å². The second kappa shape index (κ2) is 9.68. The van der Waals surface area contributed by atoms with E-state index in [1.807, 2.05) is 6.92 Å². The number of aryl methyl sites for hydroxylation is 1. The van der Waals surface area contributed by atoms with E-state index >= 15 is 0 Å². The number of carbonyl (C=O) groups is 2. The standard InChI is InChI=1S/C23H20F3N3O4/c1-14-5-10-19(33-15(2)22(31)32)12-17(14)4-3-11-29-21(27-13-28-29)20(30)16-6-8-18(9-7-16)23(24,25)26/h3-10,12-13,15H,11H2,1-2H3,(H,31,32)/b4-3+/t15-/m0/s1. The summed E-state index contributed by atoms with van der Waals surface area (Å²) in [5, 5.41) is 13.0. The molecule has 0 unspecified atom stereocenters. The number of nitrogens with zero attached hydrogens (tertiary/aromatic N) is 3. The predicted molar refractivity (Wildman–Crippen MR) is 113 cm³/mol. The Morgan fingerprint density at radius 1 is 1.18 bits per heavy atom. The average Bonchev–Trinajstić information content (AvgIpc) is 3.23. The van der Waals surface area contributed by atoms with E-state index in [0.29, 0.717) is 5.75 Å². The van der Waals surface area contributed by atoms with Gasteiger partial charge in [-0.3, -0.25) is 4.79 Å². The summed E-state index contributed by atoms with van der Waals surface area (Å²) in [6.07, 6.45) is -0.804. The first kappa shape index (κ1) is 23.7. The maximum absolute atomic E-state index is 12.7. The van der Waals surface area contributed by atoms with E-state index < -0.39 is 29.6 Å². The number of aromatic nitrogens is 3. The fourth-order valence-electron chi connectivity index (χ4n) is 2.92. The number of ether oxygens (including phenoxy) is 1. The molecule has 3 aromatic rings. The molecule has 1 heterocycles. The van der Waals surface area contributed by atoms with Crippen LogP contribution in [0.1, 0.15) is 39.8 Å². The summed E-state index contributed by atoms with van der Waals surface area (Å²) in [5.41, 5.74) is 0.916. The summed E-state index contributed by atoms with van der Waals surface area (Å²) in [5.74, 6) is -1.24. The molecule has 0 saturated heterocycles. The molecule has 0 spiro atoms. The minimum Gasteiger partial charge on any atom is -0.479 e. The number of halogens is 3. The van der Waals surface area contributed by atoms with Crippen molar-refractivity contribution >= 4 is 17.8 Å². The van der Waals surface area contributed by atoms with Crippen LogP contribution in [0, 0.1) is 6.92 Å². The predicted octanol–water partition coefficient (Wildman–Crippen LogP) is 4.40. The van der Waals surface area contributed by atoms with Crippen molar-refractivity contribution < 1.29 is 32.6 Å². The summed E-state index contributed by atoms with van der Waals surface area (Å²) in [4.78, 5) is 27.6. The highest BCUT2D eigenvalue weighted by Crippen LogP contribution is 2.29. The third-order valence-corrected chi connectivity index (χ3v) is 4.78. The molecule has 172 valence electrons. The number of rotatable bonds is 8. The first-order valence-electron chi connectivity index (χ1n) is 9.82. The van der Waals surface area contributed by atoms with Gasteiger partial charge in [-0.25, -0.2) is 14.5 Å². The normalized spacial score (nSPS) is 12.6. The van der Waals surface area contributed by atoms with Crippen molar-refractivity contribution in [2.75, 3.05) is 0 Å². The number of benzene rings is 2. The zero-order valence-electron chi connectivity index (χ0n) is 17.7. The SMILES string of the molecule is Cc1ccc(O[C@@H](C)C(=O)O)cc1/C=C/Cn1ncnc1C(=O)c1ccc(C(F)(F)F)cc1. The van der Waals surface area contributed by atoms with Crippen LogP contribution in [0.4, 0.5) is 13.2 Å². The van der Waals surface area contributed by atoms with Gasteiger partial charge in [-0.2, -0.15) is 18.3 Å². The van der Waals surface area contributed by atoms with Gasteiger partial charge in [-0.1, -0.05) is 30.4 Å². The van der Waals surface area contributed by atoms with E-state index in [9.17, 15) is 22.8 Å². The molecule has 0 aliphatic rings. The molecule has 0 aliphatic heterocycles. The van der Waals surface area contributed by atoms with Gasteiger partial charge in [0.1, 0.15) is 12.1 Å². The Morgan fingerprint density at radius 2 is 1.88 bits per heavy atom. The van der Waals surface area contributed by atoms with Crippen LogP contribution < -0.4 is 4.74 Å². The van der Waals surface area contributed by atoms with E-state index in [1.165, 1.54) is 17.9 Å². The summed E-state index contributed by atoms with van der Waals surface area (Å²) >= 11 is 0. The second-order valence-corrected chi connectivity index (χ2v) is 7.19. The minimum atomic E-state index is -4.49. The first-order chi connectivity index (χ1) is 15.6. The lowest BCUT2D eigenvalue weighted by Crippen LogP contribution is -2.22. The number of hydrogen-bond acceptors (Lipinski definition) is 5.